The number of hydrazine groups is 1. The first kappa shape index (κ1) is 18.6. The molecule has 2 aromatic carbocycles. The minimum absolute atomic E-state index is 0.215. The quantitative estimate of drug-likeness (QED) is 0.710. The molecule has 0 atom stereocenters. The molecule has 0 unspecified atom stereocenters. The number of urea groups is 1. The molecule has 0 radical (unpaired) electrons. The van der Waals surface area contributed by atoms with Crippen LogP contribution in [-0.2, 0) is 4.79 Å². The first-order valence-corrected chi connectivity index (χ1v) is 8.16. The van der Waals surface area contributed by atoms with Crippen LogP contribution in [-0.4, -0.2) is 18.5 Å². The number of carbonyl (C=O) groups is 2. The van der Waals surface area contributed by atoms with Crippen molar-refractivity contribution in [3.63, 3.8) is 0 Å². The molecule has 0 aromatic heterocycles. The van der Waals surface area contributed by atoms with Gasteiger partial charge in [0.05, 0.1) is 10.7 Å². The molecule has 0 fully saturated rings. The van der Waals surface area contributed by atoms with Gasteiger partial charge >= 0.3 is 6.03 Å². The Bertz CT molecular complexity index is 733. The molecule has 6 nitrogen and oxygen atoms in total. The highest BCUT2D eigenvalue weighted by molar-refractivity contribution is 6.33. The number of hydrogen-bond donors (Lipinski definition) is 3. The molecule has 0 bridgehead atoms. The largest absolute Gasteiger partial charge is 0.484 e. The zero-order valence-corrected chi connectivity index (χ0v) is 14.8. The second-order valence-corrected chi connectivity index (χ2v) is 6.03. The number of benzene rings is 2. The summed E-state index contributed by atoms with van der Waals surface area (Å²) in [6.45, 7) is 3.98. The molecule has 0 heterocycles. The Kier molecular flexibility index (Phi) is 6.65. The maximum absolute atomic E-state index is 11.7. The number of amides is 3. The van der Waals surface area contributed by atoms with E-state index in [9.17, 15) is 9.59 Å². The van der Waals surface area contributed by atoms with E-state index in [1.807, 2.05) is 12.1 Å². The lowest BCUT2D eigenvalue weighted by atomic mass is 10.0. The molecule has 0 spiro atoms. The lowest BCUT2D eigenvalue weighted by Crippen LogP contribution is -2.45. The van der Waals surface area contributed by atoms with E-state index in [4.69, 9.17) is 16.3 Å². The van der Waals surface area contributed by atoms with Crippen molar-refractivity contribution in [2.24, 2.45) is 0 Å². The van der Waals surface area contributed by atoms with E-state index in [2.05, 4.69) is 30.0 Å². The van der Waals surface area contributed by atoms with Crippen LogP contribution in [0, 0.1) is 0 Å². The first-order chi connectivity index (χ1) is 12.0. The van der Waals surface area contributed by atoms with Crippen LogP contribution < -0.4 is 20.9 Å². The van der Waals surface area contributed by atoms with Crippen LogP contribution in [0.2, 0.25) is 5.02 Å². The fraction of sp³-hybridized carbons (Fsp3) is 0.222. The lowest BCUT2D eigenvalue weighted by molar-refractivity contribution is -0.123. The fourth-order valence-electron chi connectivity index (χ4n) is 1.98. The SMILES string of the molecule is CC(C)c1ccc(OCC(=O)NNC(=O)Nc2ccccc2Cl)cc1. The Morgan fingerprint density at radius 1 is 1.04 bits per heavy atom. The van der Waals surface area contributed by atoms with Gasteiger partial charge in [-0.2, -0.15) is 0 Å². The number of ether oxygens (including phenoxy) is 1. The standard InChI is InChI=1S/C18H20ClN3O3/c1-12(2)13-7-9-14(10-8-13)25-11-17(23)21-22-18(24)20-16-6-4-3-5-15(16)19/h3-10,12H,11H2,1-2H3,(H,21,23)(H2,20,22,24). The summed E-state index contributed by atoms with van der Waals surface area (Å²) >= 11 is 5.93. The van der Waals surface area contributed by atoms with Crippen LogP contribution in [0.1, 0.15) is 25.3 Å². The summed E-state index contributed by atoms with van der Waals surface area (Å²) < 4.78 is 5.37. The van der Waals surface area contributed by atoms with E-state index in [1.165, 1.54) is 5.56 Å². The Balaban J connectivity index is 1.73. The lowest BCUT2D eigenvalue weighted by Gasteiger charge is -2.11. The van der Waals surface area contributed by atoms with Gasteiger partial charge in [0.25, 0.3) is 5.91 Å². The third-order valence-corrected chi connectivity index (χ3v) is 3.68. The first-order valence-electron chi connectivity index (χ1n) is 7.79. The number of hydrogen-bond acceptors (Lipinski definition) is 3. The number of rotatable bonds is 5. The highest BCUT2D eigenvalue weighted by Gasteiger charge is 2.07. The molecule has 7 heteroatoms. The summed E-state index contributed by atoms with van der Waals surface area (Å²) in [4.78, 5) is 23.4. The summed E-state index contributed by atoms with van der Waals surface area (Å²) in [6.07, 6.45) is 0. The third-order valence-electron chi connectivity index (χ3n) is 3.35. The summed E-state index contributed by atoms with van der Waals surface area (Å²) in [6, 6.07) is 13.7. The average Bonchev–Trinajstić information content (AvgIpc) is 2.60. The van der Waals surface area contributed by atoms with Gasteiger partial charge in [0.2, 0.25) is 0 Å². The molecule has 0 aliphatic carbocycles. The molecule has 2 rings (SSSR count). The molecule has 3 N–H and O–H groups in total. The van der Waals surface area contributed by atoms with Gasteiger partial charge in [-0.05, 0) is 35.7 Å². The van der Waals surface area contributed by atoms with Crippen molar-refractivity contribution in [3.8, 4) is 5.75 Å². The number of anilines is 1. The zero-order valence-electron chi connectivity index (χ0n) is 14.0. The Hall–Kier alpha value is -2.73. The number of nitrogens with one attached hydrogen (secondary N) is 3. The van der Waals surface area contributed by atoms with Crippen LogP contribution in [0.3, 0.4) is 0 Å². The van der Waals surface area contributed by atoms with Crippen molar-refractivity contribution in [2.45, 2.75) is 19.8 Å². The van der Waals surface area contributed by atoms with E-state index >= 15 is 0 Å². The van der Waals surface area contributed by atoms with E-state index in [1.54, 1.807) is 36.4 Å². The second kappa shape index (κ2) is 8.94. The Morgan fingerprint density at radius 3 is 2.36 bits per heavy atom. The molecular formula is C18H20ClN3O3. The molecule has 3 amide bonds. The van der Waals surface area contributed by atoms with Gasteiger partial charge in [-0.25, -0.2) is 10.2 Å². The number of carbonyl (C=O) groups excluding carboxylic acids is 2. The van der Waals surface area contributed by atoms with Crippen molar-refractivity contribution in [1.29, 1.82) is 0 Å². The average molecular weight is 362 g/mol. The van der Waals surface area contributed by atoms with Gasteiger partial charge in [0, 0.05) is 0 Å². The normalized spacial score (nSPS) is 10.2. The van der Waals surface area contributed by atoms with Gasteiger partial charge < -0.3 is 10.1 Å². The van der Waals surface area contributed by atoms with Crippen molar-refractivity contribution in [1.82, 2.24) is 10.9 Å². The number of para-hydroxylation sites is 1. The monoisotopic (exact) mass is 361 g/mol. The molecular weight excluding hydrogens is 342 g/mol. The van der Waals surface area contributed by atoms with Crippen LogP contribution >= 0.6 is 11.6 Å². The molecule has 0 saturated carbocycles. The van der Waals surface area contributed by atoms with E-state index in [0.29, 0.717) is 22.4 Å². The van der Waals surface area contributed by atoms with E-state index in [0.717, 1.165) is 0 Å². The van der Waals surface area contributed by atoms with Gasteiger partial charge in [-0.15, -0.1) is 0 Å². The van der Waals surface area contributed by atoms with Crippen molar-refractivity contribution >= 4 is 29.2 Å². The van der Waals surface area contributed by atoms with Crippen LogP contribution in [0.15, 0.2) is 48.5 Å². The summed E-state index contributed by atoms with van der Waals surface area (Å²) in [5, 5.41) is 2.92. The summed E-state index contributed by atoms with van der Waals surface area (Å²) in [5.74, 6) is 0.528. The molecule has 0 saturated heterocycles. The van der Waals surface area contributed by atoms with Gasteiger partial charge in [0.15, 0.2) is 6.61 Å². The van der Waals surface area contributed by atoms with Gasteiger partial charge in [-0.1, -0.05) is 49.7 Å². The molecule has 0 aliphatic rings. The zero-order chi connectivity index (χ0) is 18.2. The van der Waals surface area contributed by atoms with E-state index in [-0.39, 0.29) is 6.61 Å². The summed E-state index contributed by atoms with van der Waals surface area (Å²) in [7, 11) is 0. The Morgan fingerprint density at radius 2 is 1.72 bits per heavy atom. The van der Waals surface area contributed by atoms with Crippen LogP contribution in [0.5, 0.6) is 5.75 Å². The molecule has 132 valence electrons. The van der Waals surface area contributed by atoms with Crippen molar-refractivity contribution < 1.29 is 14.3 Å². The molecule has 0 aliphatic heterocycles. The third kappa shape index (κ3) is 6.00. The van der Waals surface area contributed by atoms with Crippen molar-refractivity contribution in [2.75, 3.05) is 11.9 Å². The van der Waals surface area contributed by atoms with Gasteiger partial charge in [-0.3, -0.25) is 10.2 Å². The minimum atomic E-state index is -0.609. The molecule has 25 heavy (non-hydrogen) atoms. The molecule has 2 aromatic rings. The topological polar surface area (TPSA) is 79.5 Å². The van der Waals surface area contributed by atoms with Crippen LogP contribution in [0.4, 0.5) is 10.5 Å². The highest BCUT2D eigenvalue weighted by Crippen LogP contribution is 2.20. The fourth-order valence-corrected chi connectivity index (χ4v) is 2.16. The summed E-state index contributed by atoms with van der Waals surface area (Å²) in [5.41, 5.74) is 6.11. The Labute approximate surface area is 151 Å². The number of halogens is 1. The van der Waals surface area contributed by atoms with E-state index < -0.39 is 11.9 Å². The maximum atomic E-state index is 11.7. The predicted octanol–water partition coefficient (Wildman–Crippen LogP) is 3.70. The predicted molar refractivity (Wildman–Crippen MR) is 97.8 cm³/mol. The smallest absolute Gasteiger partial charge is 0.337 e. The van der Waals surface area contributed by atoms with Gasteiger partial charge in [0.1, 0.15) is 5.75 Å². The minimum Gasteiger partial charge on any atom is -0.484 e. The van der Waals surface area contributed by atoms with Crippen LogP contribution in [0.25, 0.3) is 0 Å². The maximum Gasteiger partial charge on any atom is 0.337 e. The highest BCUT2D eigenvalue weighted by atomic mass is 35.5. The second-order valence-electron chi connectivity index (χ2n) is 5.62. The van der Waals surface area contributed by atoms with Crippen molar-refractivity contribution in [3.05, 3.63) is 59.1 Å².